The highest BCUT2D eigenvalue weighted by Gasteiger charge is 2.28. The summed E-state index contributed by atoms with van der Waals surface area (Å²) in [7, 11) is 0. The lowest BCUT2D eigenvalue weighted by molar-refractivity contribution is -0.122. The second-order valence-corrected chi connectivity index (χ2v) is 5.95. The van der Waals surface area contributed by atoms with Gasteiger partial charge in [0.15, 0.2) is 5.82 Å². The van der Waals surface area contributed by atoms with Crippen LogP contribution in [0.3, 0.4) is 0 Å². The van der Waals surface area contributed by atoms with Crippen molar-refractivity contribution in [3.8, 4) is 0 Å². The maximum absolute atomic E-state index is 11.9. The highest BCUT2D eigenvalue weighted by Crippen LogP contribution is 2.33. The van der Waals surface area contributed by atoms with Gasteiger partial charge in [-0.3, -0.25) is 4.79 Å². The number of nitrogens with one attached hydrogen (secondary N) is 1. The first kappa shape index (κ1) is 13.3. The topological polar surface area (TPSA) is 58.1 Å². The van der Waals surface area contributed by atoms with E-state index in [1.165, 1.54) is 5.56 Å². The number of hydrogen-bond donors (Lipinski definition) is 1. The van der Waals surface area contributed by atoms with E-state index in [-0.39, 0.29) is 11.9 Å². The molecule has 1 aliphatic heterocycles. The third-order valence-electron chi connectivity index (χ3n) is 3.71. The summed E-state index contributed by atoms with van der Waals surface area (Å²) < 4.78 is 1.08. The summed E-state index contributed by atoms with van der Waals surface area (Å²) in [6.07, 6.45) is 0.798. The maximum Gasteiger partial charge on any atom is 0.242 e. The minimum Gasteiger partial charge on any atom is -0.353 e. The molecule has 1 N–H and O–H groups in total. The lowest BCUT2D eigenvalue weighted by atomic mass is 10.2. The fourth-order valence-corrected chi connectivity index (χ4v) is 3.48. The first-order valence-electron chi connectivity index (χ1n) is 6.91. The molecule has 20 heavy (non-hydrogen) atoms. The van der Waals surface area contributed by atoms with Crippen LogP contribution in [0.25, 0.3) is 10.2 Å². The number of amides is 1. The highest BCUT2D eigenvalue weighted by molar-refractivity contribution is 7.18. The van der Waals surface area contributed by atoms with Gasteiger partial charge in [0.25, 0.3) is 0 Å². The van der Waals surface area contributed by atoms with Gasteiger partial charge in [-0.25, -0.2) is 9.97 Å². The standard InChI is InChI=1S/C14H18N4OS/c1-4-10-16-11-8(2)7-20-12(11)13(17-10)18-6-5-15-14(19)9(18)3/h7,9H,4-6H2,1-3H3,(H,15,19). The Morgan fingerprint density at radius 3 is 3.05 bits per heavy atom. The molecule has 106 valence electrons. The molecule has 6 heteroatoms. The van der Waals surface area contributed by atoms with Crippen LogP contribution in [0.5, 0.6) is 0 Å². The summed E-state index contributed by atoms with van der Waals surface area (Å²) in [5.41, 5.74) is 2.20. The summed E-state index contributed by atoms with van der Waals surface area (Å²) in [4.78, 5) is 23.3. The summed E-state index contributed by atoms with van der Waals surface area (Å²) >= 11 is 1.66. The number of aromatic nitrogens is 2. The number of nitrogens with zero attached hydrogens (tertiary/aromatic N) is 3. The van der Waals surface area contributed by atoms with Gasteiger partial charge in [0.2, 0.25) is 5.91 Å². The van der Waals surface area contributed by atoms with Crippen LogP contribution >= 0.6 is 11.3 Å². The average molecular weight is 290 g/mol. The summed E-state index contributed by atoms with van der Waals surface area (Å²) in [5, 5.41) is 5.00. The molecule has 0 spiro atoms. The van der Waals surface area contributed by atoms with E-state index < -0.39 is 0 Å². The van der Waals surface area contributed by atoms with Gasteiger partial charge >= 0.3 is 0 Å². The van der Waals surface area contributed by atoms with Crippen molar-refractivity contribution < 1.29 is 4.79 Å². The molecule has 1 fully saturated rings. The first-order chi connectivity index (χ1) is 9.61. The van der Waals surface area contributed by atoms with Crippen LogP contribution in [0.2, 0.25) is 0 Å². The van der Waals surface area contributed by atoms with Crippen LogP contribution < -0.4 is 10.2 Å². The zero-order chi connectivity index (χ0) is 14.3. The quantitative estimate of drug-likeness (QED) is 0.917. The first-order valence-corrected chi connectivity index (χ1v) is 7.78. The van der Waals surface area contributed by atoms with Crippen LogP contribution in [-0.2, 0) is 11.2 Å². The Morgan fingerprint density at radius 1 is 1.50 bits per heavy atom. The fraction of sp³-hybridized carbons (Fsp3) is 0.500. The fourth-order valence-electron chi connectivity index (χ4n) is 2.49. The molecule has 1 amide bonds. The molecule has 0 radical (unpaired) electrons. The van der Waals surface area contributed by atoms with Crippen molar-refractivity contribution in [2.24, 2.45) is 0 Å². The van der Waals surface area contributed by atoms with Crippen LogP contribution in [-0.4, -0.2) is 35.0 Å². The van der Waals surface area contributed by atoms with Crippen molar-refractivity contribution in [3.63, 3.8) is 0 Å². The Balaban J connectivity index is 2.16. The molecular weight excluding hydrogens is 272 g/mol. The molecule has 5 nitrogen and oxygen atoms in total. The largest absolute Gasteiger partial charge is 0.353 e. The Labute approximate surface area is 122 Å². The minimum absolute atomic E-state index is 0.0642. The normalized spacial score (nSPS) is 19.4. The van der Waals surface area contributed by atoms with E-state index in [0.29, 0.717) is 6.54 Å². The number of thiophene rings is 1. The Morgan fingerprint density at radius 2 is 2.30 bits per heavy atom. The van der Waals surface area contributed by atoms with Gasteiger partial charge in [-0.15, -0.1) is 11.3 Å². The van der Waals surface area contributed by atoms with Gasteiger partial charge < -0.3 is 10.2 Å². The number of anilines is 1. The lowest BCUT2D eigenvalue weighted by Gasteiger charge is -2.34. The van der Waals surface area contributed by atoms with Crippen molar-refractivity contribution in [3.05, 3.63) is 16.8 Å². The molecule has 1 aliphatic rings. The van der Waals surface area contributed by atoms with E-state index in [2.05, 4.69) is 39.4 Å². The number of carbonyl (C=O) groups excluding carboxylic acids is 1. The smallest absolute Gasteiger partial charge is 0.242 e. The van der Waals surface area contributed by atoms with E-state index in [9.17, 15) is 4.79 Å². The zero-order valence-electron chi connectivity index (χ0n) is 11.9. The molecule has 2 aromatic heterocycles. The van der Waals surface area contributed by atoms with E-state index in [4.69, 9.17) is 0 Å². The van der Waals surface area contributed by atoms with Crippen molar-refractivity contribution in [1.29, 1.82) is 0 Å². The Hall–Kier alpha value is -1.69. The van der Waals surface area contributed by atoms with Gasteiger partial charge in [-0.05, 0) is 24.8 Å². The van der Waals surface area contributed by atoms with Gasteiger partial charge in [-0.2, -0.15) is 0 Å². The molecule has 0 saturated carbocycles. The van der Waals surface area contributed by atoms with Crippen molar-refractivity contribution in [2.75, 3.05) is 18.0 Å². The van der Waals surface area contributed by atoms with Crippen LogP contribution in [0.1, 0.15) is 25.2 Å². The second kappa shape index (κ2) is 5.01. The average Bonchev–Trinajstić information content (AvgIpc) is 2.83. The summed E-state index contributed by atoms with van der Waals surface area (Å²) in [6, 6.07) is -0.186. The second-order valence-electron chi connectivity index (χ2n) is 5.07. The Bertz CT molecular complexity index is 666. The summed E-state index contributed by atoms with van der Waals surface area (Å²) in [6.45, 7) is 7.51. The van der Waals surface area contributed by atoms with E-state index in [1.807, 2.05) is 6.92 Å². The number of rotatable bonds is 2. The Kier molecular flexibility index (Phi) is 3.33. The van der Waals surface area contributed by atoms with Crippen molar-refractivity contribution >= 4 is 33.3 Å². The molecule has 0 aliphatic carbocycles. The monoisotopic (exact) mass is 290 g/mol. The molecular formula is C14H18N4OS. The molecule has 3 heterocycles. The third kappa shape index (κ3) is 2.04. The SMILES string of the molecule is CCc1nc(N2CCNC(=O)C2C)c2scc(C)c2n1. The van der Waals surface area contributed by atoms with Gasteiger partial charge in [0, 0.05) is 19.5 Å². The summed E-state index contributed by atoms with van der Waals surface area (Å²) in [5.74, 6) is 1.81. The molecule has 1 unspecified atom stereocenters. The van der Waals surface area contributed by atoms with Crippen LogP contribution in [0, 0.1) is 6.92 Å². The van der Waals surface area contributed by atoms with Crippen LogP contribution in [0.15, 0.2) is 5.38 Å². The van der Waals surface area contributed by atoms with Crippen molar-refractivity contribution in [1.82, 2.24) is 15.3 Å². The lowest BCUT2D eigenvalue weighted by Crippen LogP contribution is -2.54. The highest BCUT2D eigenvalue weighted by atomic mass is 32.1. The molecule has 0 aromatic carbocycles. The number of aryl methyl sites for hydroxylation is 2. The molecule has 3 rings (SSSR count). The zero-order valence-corrected chi connectivity index (χ0v) is 12.8. The van der Waals surface area contributed by atoms with Crippen molar-refractivity contribution in [2.45, 2.75) is 33.2 Å². The predicted molar refractivity (Wildman–Crippen MR) is 81.3 cm³/mol. The van der Waals surface area contributed by atoms with Crippen LogP contribution in [0.4, 0.5) is 5.82 Å². The minimum atomic E-state index is -0.186. The predicted octanol–water partition coefficient (Wildman–Crippen LogP) is 1.89. The molecule has 2 aromatic rings. The number of hydrogen-bond acceptors (Lipinski definition) is 5. The van der Waals surface area contributed by atoms with E-state index >= 15 is 0 Å². The molecule has 1 saturated heterocycles. The van der Waals surface area contributed by atoms with Gasteiger partial charge in [-0.1, -0.05) is 6.92 Å². The number of carbonyl (C=O) groups is 1. The third-order valence-corrected chi connectivity index (χ3v) is 4.79. The molecule has 0 bridgehead atoms. The van der Waals surface area contributed by atoms with Gasteiger partial charge in [0.05, 0.1) is 10.2 Å². The van der Waals surface area contributed by atoms with E-state index in [0.717, 1.165) is 34.8 Å². The van der Waals surface area contributed by atoms with E-state index in [1.54, 1.807) is 11.3 Å². The maximum atomic E-state index is 11.9. The number of piperazine rings is 1. The number of fused-ring (bicyclic) bond motifs is 1. The molecule has 1 atom stereocenters. The van der Waals surface area contributed by atoms with Gasteiger partial charge in [0.1, 0.15) is 11.9 Å².